The fourth-order valence-electron chi connectivity index (χ4n) is 1.51. The van der Waals surface area contributed by atoms with Gasteiger partial charge in [-0.25, -0.2) is 9.97 Å². The number of thioether (sulfide) groups is 1. The summed E-state index contributed by atoms with van der Waals surface area (Å²) in [5.41, 5.74) is 2.17. The lowest BCUT2D eigenvalue weighted by molar-refractivity contribution is 0.996. The summed E-state index contributed by atoms with van der Waals surface area (Å²) in [5.74, 6) is 1.52. The highest BCUT2D eigenvalue weighted by atomic mass is 35.5. The van der Waals surface area contributed by atoms with Crippen molar-refractivity contribution in [2.45, 2.75) is 24.5 Å². The molecule has 1 aromatic heterocycles. The molecule has 0 unspecified atom stereocenters. The van der Waals surface area contributed by atoms with Crippen molar-refractivity contribution < 1.29 is 0 Å². The van der Waals surface area contributed by atoms with Crippen LogP contribution in [0.4, 0.5) is 0 Å². The molecule has 0 atom stereocenters. The van der Waals surface area contributed by atoms with Crippen molar-refractivity contribution >= 4 is 23.4 Å². The minimum atomic E-state index is 0.511. The van der Waals surface area contributed by atoms with Gasteiger partial charge < -0.3 is 0 Å². The number of hydrogen-bond donors (Lipinski definition) is 0. The Labute approximate surface area is 110 Å². The van der Waals surface area contributed by atoms with Gasteiger partial charge in [-0.15, -0.1) is 11.8 Å². The predicted molar refractivity (Wildman–Crippen MR) is 72.5 cm³/mol. The Balaban J connectivity index is 2.07. The van der Waals surface area contributed by atoms with Gasteiger partial charge in [-0.05, 0) is 32.0 Å². The van der Waals surface area contributed by atoms with E-state index in [0.29, 0.717) is 5.15 Å². The molecule has 0 N–H and O–H groups in total. The van der Waals surface area contributed by atoms with Crippen LogP contribution < -0.4 is 0 Å². The Morgan fingerprint density at radius 2 is 2.00 bits per heavy atom. The molecular weight excluding hydrogens is 252 g/mol. The third kappa shape index (κ3) is 3.72. The van der Waals surface area contributed by atoms with Gasteiger partial charge in [-0.2, -0.15) is 0 Å². The molecule has 2 nitrogen and oxygen atoms in total. The van der Waals surface area contributed by atoms with Crippen LogP contribution in [0, 0.1) is 13.8 Å². The van der Waals surface area contributed by atoms with E-state index in [2.05, 4.69) is 41.2 Å². The second-order valence-electron chi connectivity index (χ2n) is 3.85. The van der Waals surface area contributed by atoms with Crippen LogP contribution in [0.25, 0.3) is 0 Å². The van der Waals surface area contributed by atoms with Gasteiger partial charge in [0.1, 0.15) is 11.0 Å². The number of benzene rings is 1. The molecule has 0 saturated heterocycles. The first-order valence-electron chi connectivity index (χ1n) is 5.33. The van der Waals surface area contributed by atoms with Crippen LogP contribution >= 0.6 is 23.4 Å². The Morgan fingerprint density at radius 1 is 1.18 bits per heavy atom. The summed E-state index contributed by atoms with van der Waals surface area (Å²) in [6, 6.07) is 10.2. The third-order valence-electron chi connectivity index (χ3n) is 2.23. The second kappa shape index (κ2) is 5.52. The van der Waals surface area contributed by atoms with E-state index in [1.54, 1.807) is 17.8 Å². The standard InChI is InChI=1S/C13H13ClN2S/c1-9-4-3-5-11(6-9)17-8-13-15-10(2)7-12(14)16-13/h3-7H,8H2,1-2H3. The van der Waals surface area contributed by atoms with Crippen LogP contribution in [0.15, 0.2) is 35.2 Å². The number of rotatable bonds is 3. The molecule has 1 heterocycles. The maximum atomic E-state index is 5.90. The zero-order valence-corrected chi connectivity index (χ0v) is 11.3. The first kappa shape index (κ1) is 12.4. The van der Waals surface area contributed by atoms with Gasteiger partial charge in [0.2, 0.25) is 0 Å². The fraction of sp³-hybridized carbons (Fsp3) is 0.231. The van der Waals surface area contributed by atoms with Crippen molar-refractivity contribution in [1.82, 2.24) is 9.97 Å². The molecule has 0 amide bonds. The Kier molecular flexibility index (Phi) is 4.02. The van der Waals surface area contributed by atoms with E-state index < -0.39 is 0 Å². The lowest BCUT2D eigenvalue weighted by atomic mass is 10.2. The molecule has 0 fully saturated rings. The highest BCUT2D eigenvalue weighted by Crippen LogP contribution is 2.22. The number of aryl methyl sites for hydroxylation is 2. The highest BCUT2D eigenvalue weighted by Gasteiger charge is 2.02. The van der Waals surface area contributed by atoms with E-state index in [4.69, 9.17) is 11.6 Å². The molecular formula is C13H13ClN2S. The summed E-state index contributed by atoms with van der Waals surface area (Å²) < 4.78 is 0. The van der Waals surface area contributed by atoms with Gasteiger partial charge in [0.25, 0.3) is 0 Å². The number of aromatic nitrogens is 2. The van der Waals surface area contributed by atoms with Crippen molar-refractivity contribution in [2.24, 2.45) is 0 Å². The van der Waals surface area contributed by atoms with Crippen LogP contribution in [-0.4, -0.2) is 9.97 Å². The quantitative estimate of drug-likeness (QED) is 0.618. The first-order valence-corrected chi connectivity index (χ1v) is 6.69. The SMILES string of the molecule is Cc1cccc(SCc2nc(C)cc(Cl)n2)c1. The largest absolute Gasteiger partial charge is 0.237 e. The molecule has 2 aromatic rings. The first-order chi connectivity index (χ1) is 8.13. The van der Waals surface area contributed by atoms with Crippen LogP contribution in [-0.2, 0) is 5.75 Å². The molecule has 0 spiro atoms. The second-order valence-corrected chi connectivity index (χ2v) is 5.29. The summed E-state index contributed by atoms with van der Waals surface area (Å²) in [5, 5.41) is 0.511. The van der Waals surface area contributed by atoms with Crippen molar-refractivity contribution in [2.75, 3.05) is 0 Å². The maximum Gasteiger partial charge on any atom is 0.140 e. The Hall–Kier alpha value is -1.06. The maximum absolute atomic E-state index is 5.90. The highest BCUT2D eigenvalue weighted by molar-refractivity contribution is 7.98. The third-order valence-corrected chi connectivity index (χ3v) is 3.41. The van der Waals surface area contributed by atoms with Crippen molar-refractivity contribution in [3.63, 3.8) is 0 Å². The molecule has 0 radical (unpaired) electrons. The smallest absolute Gasteiger partial charge is 0.140 e. The minimum Gasteiger partial charge on any atom is -0.237 e. The Morgan fingerprint density at radius 3 is 2.71 bits per heavy atom. The van der Waals surface area contributed by atoms with E-state index >= 15 is 0 Å². The van der Waals surface area contributed by atoms with Gasteiger partial charge in [-0.1, -0.05) is 29.3 Å². The lowest BCUT2D eigenvalue weighted by Crippen LogP contribution is -1.95. The molecule has 0 bridgehead atoms. The van der Waals surface area contributed by atoms with Gasteiger partial charge in [0, 0.05) is 10.6 Å². The fourth-order valence-corrected chi connectivity index (χ4v) is 2.63. The summed E-state index contributed by atoms with van der Waals surface area (Å²) in [6.45, 7) is 4.01. The summed E-state index contributed by atoms with van der Waals surface area (Å²) in [4.78, 5) is 9.79. The van der Waals surface area contributed by atoms with E-state index in [1.807, 2.05) is 6.92 Å². The van der Waals surface area contributed by atoms with Crippen molar-refractivity contribution in [3.8, 4) is 0 Å². The van der Waals surface area contributed by atoms with Crippen LogP contribution in [0.5, 0.6) is 0 Å². The van der Waals surface area contributed by atoms with Gasteiger partial charge in [-0.3, -0.25) is 0 Å². The average molecular weight is 265 g/mol. The molecule has 0 aliphatic rings. The van der Waals surface area contributed by atoms with E-state index in [0.717, 1.165) is 17.3 Å². The number of halogens is 1. The topological polar surface area (TPSA) is 25.8 Å². The number of nitrogens with zero attached hydrogens (tertiary/aromatic N) is 2. The van der Waals surface area contributed by atoms with Gasteiger partial charge in [0.15, 0.2) is 0 Å². The van der Waals surface area contributed by atoms with Crippen LogP contribution in [0.2, 0.25) is 5.15 Å². The zero-order chi connectivity index (χ0) is 12.3. The predicted octanol–water partition coefficient (Wildman–Crippen LogP) is 4.04. The molecule has 1 aromatic carbocycles. The van der Waals surface area contributed by atoms with E-state index in [-0.39, 0.29) is 0 Å². The van der Waals surface area contributed by atoms with E-state index in [9.17, 15) is 0 Å². The van der Waals surface area contributed by atoms with Gasteiger partial charge in [0.05, 0.1) is 5.75 Å². The summed E-state index contributed by atoms with van der Waals surface area (Å²) >= 11 is 7.62. The van der Waals surface area contributed by atoms with Crippen LogP contribution in [0.3, 0.4) is 0 Å². The summed E-state index contributed by atoms with van der Waals surface area (Å²) in [7, 11) is 0. The van der Waals surface area contributed by atoms with Crippen molar-refractivity contribution in [1.29, 1.82) is 0 Å². The molecule has 17 heavy (non-hydrogen) atoms. The van der Waals surface area contributed by atoms with Crippen molar-refractivity contribution in [3.05, 3.63) is 52.6 Å². The van der Waals surface area contributed by atoms with Crippen LogP contribution in [0.1, 0.15) is 17.1 Å². The lowest BCUT2D eigenvalue weighted by Gasteiger charge is -2.03. The minimum absolute atomic E-state index is 0.511. The number of hydrogen-bond acceptors (Lipinski definition) is 3. The molecule has 2 rings (SSSR count). The average Bonchev–Trinajstić information content (AvgIpc) is 2.25. The normalized spacial score (nSPS) is 10.5. The molecule has 4 heteroatoms. The molecule has 0 aliphatic heterocycles. The molecule has 88 valence electrons. The molecule has 0 saturated carbocycles. The molecule has 0 aliphatic carbocycles. The zero-order valence-electron chi connectivity index (χ0n) is 9.77. The van der Waals surface area contributed by atoms with E-state index in [1.165, 1.54) is 10.5 Å². The van der Waals surface area contributed by atoms with Gasteiger partial charge >= 0.3 is 0 Å². The monoisotopic (exact) mass is 264 g/mol. The summed E-state index contributed by atoms with van der Waals surface area (Å²) in [6.07, 6.45) is 0. The Bertz CT molecular complexity index is 508.